The Balaban J connectivity index is 0.000000659. The lowest BCUT2D eigenvalue weighted by Crippen LogP contribution is -2.26. The average Bonchev–Trinajstić information content (AvgIpc) is 2.44. The van der Waals surface area contributed by atoms with Crippen LogP contribution in [-0.2, 0) is 4.74 Å². The minimum absolute atomic E-state index is 0.276. The van der Waals surface area contributed by atoms with Crippen molar-refractivity contribution >= 4 is 0 Å². The molecule has 1 aromatic rings. The van der Waals surface area contributed by atoms with E-state index < -0.39 is 0 Å². The van der Waals surface area contributed by atoms with Crippen LogP contribution >= 0.6 is 0 Å². The fourth-order valence-corrected chi connectivity index (χ4v) is 1.54. The molecule has 2 rings (SSSR count). The highest BCUT2D eigenvalue weighted by molar-refractivity contribution is 5.18. The van der Waals surface area contributed by atoms with E-state index in [1.807, 2.05) is 46.8 Å². The predicted molar refractivity (Wildman–Crippen MR) is 76.1 cm³/mol. The van der Waals surface area contributed by atoms with Crippen LogP contribution in [0.15, 0.2) is 18.3 Å². The molecule has 0 N–H and O–H groups in total. The number of rotatable bonds is 2. The van der Waals surface area contributed by atoms with Gasteiger partial charge in [0, 0.05) is 25.1 Å². The third-order valence-electron chi connectivity index (χ3n) is 2.35. The van der Waals surface area contributed by atoms with Crippen molar-refractivity contribution in [1.29, 1.82) is 0 Å². The Hall–Kier alpha value is -1.09. The van der Waals surface area contributed by atoms with Gasteiger partial charge in [0.15, 0.2) is 0 Å². The molecular formula is C15H27NO2. The number of hydrogen-bond acceptors (Lipinski definition) is 3. The summed E-state index contributed by atoms with van der Waals surface area (Å²) >= 11 is 0. The molecule has 1 fully saturated rings. The number of aromatic nitrogens is 1. The summed E-state index contributed by atoms with van der Waals surface area (Å²) < 4.78 is 11.0. The van der Waals surface area contributed by atoms with E-state index in [2.05, 4.69) is 4.98 Å². The molecule has 1 aliphatic rings. The van der Waals surface area contributed by atoms with Gasteiger partial charge in [-0.1, -0.05) is 27.7 Å². The molecule has 1 saturated heterocycles. The number of hydrogen-bond donors (Lipinski definition) is 0. The maximum absolute atomic E-state index is 5.74. The molecule has 0 aliphatic carbocycles. The first kappa shape index (κ1) is 16.9. The molecule has 1 aromatic heterocycles. The van der Waals surface area contributed by atoms with E-state index in [4.69, 9.17) is 9.47 Å². The van der Waals surface area contributed by atoms with Gasteiger partial charge >= 0.3 is 0 Å². The van der Waals surface area contributed by atoms with Crippen LogP contribution in [0.25, 0.3) is 0 Å². The second-order valence-corrected chi connectivity index (χ2v) is 3.60. The van der Waals surface area contributed by atoms with Crippen molar-refractivity contribution in [2.75, 3.05) is 13.2 Å². The third-order valence-corrected chi connectivity index (χ3v) is 2.35. The van der Waals surface area contributed by atoms with E-state index in [1.165, 1.54) is 5.56 Å². The first-order valence-electron chi connectivity index (χ1n) is 7.01. The second kappa shape index (κ2) is 11.0. The largest absolute Gasteiger partial charge is 0.474 e. The minimum atomic E-state index is 0.276. The predicted octanol–water partition coefficient (Wildman–Crippen LogP) is 4.00. The first-order chi connectivity index (χ1) is 8.84. The molecule has 0 saturated carbocycles. The van der Waals surface area contributed by atoms with Gasteiger partial charge in [0.1, 0.15) is 6.10 Å². The number of pyridine rings is 1. The Labute approximate surface area is 112 Å². The van der Waals surface area contributed by atoms with Crippen LogP contribution in [0.5, 0.6) is 5.88 Å². The Morgan fingerprint density at radius 1 is 1.17 bits per heavy atom. The van der Waals surface area contributed by atoms with E-state index in [9.17, 15) is 0 Å². The zero-order valence-corrected chi connectivity index (χ0v) is 12.4. The van der Waals surface area contributed by atoms with Gasteiger partial charge in [-0.3, -0.25) is 0 Å². The molecule has 0 amide bonds. The summed E-state index contributed by atoms with van der Waals surface area (Å²) in [6, 6.07) is 3.94. The van der Waals surface area contributed by atoms with Crippen molar-refractivity contribution in [3.8, 4) is 5.88 Å². The fraction of sp³-hybridized carbons (Fsp3) is 0.667. The summed E-state index contributed by atoms with van der Waals surface area (Å²) in [7, 11) is 0. The first-order valence-corrected chi connectivity index (χ1v) is 7.01. The van der Waals surface area contributed by atoms with Crippen molar-refractivity contribution in [3.05, 3.63) is 23.9 Å². The highest BCUT2D eigenvalue weighted by Crippen LogP contribution is 2.16. The van der Waals surface area contributed by atoms with E-state index >= 15 is 0 Å². The fourth-order valence-electron chi connectivity index (χ4n) is 1.54. The molecule has 0 radical (unpaired) electrons. The minimum Gasteiger partial charge on any atom is -0.474 e. The Morgan fingerprint density at radius 3 is 2.33 bits per heavy atom. The monoisotopic (exact) mass is 253 g/mol. The van der Waals surface area contributed by atoms with Crippen LogP contribution in [-0.4, -0.2) is 24.3 Å². The van der Waals surface area contributed by atoms with Gasteiger partial charge in [0.2, 0.25) is 5.88 Å². The quantitative estimate of drug-likeness (QED) is 0.798. The van der Waals surface area contributed by atoms with Gasteiger partial charge in [-0.15, -0.1) is 0 Å². The molecular weight excluding hydrogens is 226 g/mol. The second-order valence-electron chi connectivity index (χ2n) is 3.60. The Morgan fingerprint density at radius 2 is 1.78 bits per heavy atom. The molecule has 104 valence electrons. The summed E-state index contributed by atoms with van der Waals surface area (Å²) in [5.41, 5.74) is 1.18. The lowest BCUT2D eigenvalue weighted by Gasteiger charge is -2.22. The van der Waals surface area contributed by atoms with E-state index in [-0.39, 0.29) is 6.10 Å². The van der Waals surface area contributed by atoms with Crippen LogP contribution in [0.3, 0.4) is 0 Å². The normalized spacial score (nSPS) is 14.7. The van der Waals surface area contributed by atoms with Gasteiger partial charge in [-0.2, -0.15) is 0 Å². The standard InChI is InChI=1S/C11H15NO2.2C2H6/c1-9-2-5-12-11(8-9)14-10-3-6-13-7-4-10;2*1-2/h2,5,8,10H,3-4,6-7H2,1H3;2*1-2H3. The zero-order valence-electron chi connectivity index (χ0n) is 12.4. The van der Waals surface area contributed by atoms with Gasteiger partial charge in [0.05, 0.1) is 13.2 Å². The number of aryl methyl sites for hydroxylation is 1. The molecule has 2 heterocycles. The molecule has 3 nitrogen and oxygen atoms in total. The third kappa shape index (κ3) is 6.60. The van der Waals surface area contributed by atoms with Crippen molar-refractivity contribution in [2.45, 2.75) is 53.6 Å². The molecule has 1 aliphatic heterocycles. The summed E-state index contributed by atoms with van der Waals surface area (Å²) in [5, 5.41) is 0. The Bertz CT molecular complexity index is 296. The molecule has 0 spiro atoms. The molecule has 0 bridgehead atoms. The van der Waals surface area contributed by atoms with Crippen LogP contribution in [0.4, 0.5) is 0 Å². The molecule has 18 heavy (non-hydrogen) atoms. The van der Waals surface area contributed by atoms with Crippen molar-refractivity contribution in [3.63, 3.8) is 0 Å². The van der Waals surface area contributed by atoms with Crippen LogP contribution < -0.4 is 4.74 Å². The van der Waals surface area contributed by atoms with E-state index in [0.717, 1.165) is 31.9 Å². The maximum atomic E-state index is 5.74. The van der Waals surface area contributed by atoms with Gasteiger partial charge in [-0.05, 0) is 18.6 Å². The van der Waals surface area contributed by atoms with E-state index in [1.54, 1.807) is 6.20 Å². The molecule has 0 aromatic carbocycles. The molecule has 0 unspecified atom stereocenters. The van der Waals surface area contributed by atoms with Crippen LogP contribution in [0.2, 0.25) is 0 Å². The summed E-state index contributed by atoms with van der Waals surface area (Å²) in [6.45, 7) is 11.6. The molecule has 3 heteroatoms. The summed E-state index contributed by atoms with van der Waals surface area (Å²) in [4.78, 5) is 4.17. The SMILES string of the molecule is CC.CC.Cc1ccnc(OC2CCOCC2)c1. The highest BCUT2D eigenvalue weighted by atomic mass is 16.5. The lowest BCUT2D eigenvalue weighted by molar-refractivity contribution is 0.0237. The van der Waals surface area contributed by atoms with Crippen molar-refractivity contribution in [1.82, 2.24) is 4.98 Å². The van der Waals surface area contributed by atoms with Crippen molar-refractivity contribution < 1.29 is 9.47 Å². The topological polar surface area (TPSA) is 31.4 Å². The van der Waals surface area contributed by atoms with Crippen LogP contribution in [0.1, 0.15) is 46.1 Å². The van der Waals surface area contributed by atoms with Crippen molar-refractivity contribution in [2.24, 2.45) is 0 Å². The van der Waals surface area contributed by atoms with Gasteiger partial charge < -0.3 is 9.47 Å². The average molecular weight is 253 g/mol. The maximum Gasteiger partial charge on any atom is 0.213 e. The zero-order chi connectivity index (χ0) is 13.8. The highest BCUT2D eigenvalue weighted by Gasteiger charge is 2.15. The van der Waals surface area contributed by atoms with E-state index in [0.29, 0.717) is 0 Å². The van der Waals surface area contributed by atoms with Gasteiger partial charge in [-0.25, -0.2) is 4.98 Å². The van der Waals surface area contributed by atoms with Crippen LogP contribution in [0, 0.1) is 6.92 Å². The Kier molecular flexibility index (Phi) is 10.4. The van der Waals surface area contributed by atoms with Gasteiger partial charge in [0.25, 0.3) is 0 Å². The summed E-state index contributed by atoms with van der Waals surface area (Å²) in [6.07, 6.45) is 3.99. The number of ether oxygens (including phenoxy) is 2. The molecule has 0 atom stereocenters. The lowest BCUT2D eigenvalue weighted by atomic mass is 10.1. The summed E-state index contributed by atoms with van der Waals surface area (Å²) in [5.74, 6) is 0.733. The number of nitrogens with zero attached hydrogens (tertiary/aromatic N) is 1. The smallest absolute Gasteiger partial charge is 0.213 e.